The molecule has 1 saturated heterocycles. The second-order valence-corrected chi connectivity index (χ2v) is 6.27. The first-order chi connectivity index (χ1) is 11.6. The Morgan fingerprint density at radius 1 is 1.12 bits per heavy atom. The first-order valence-corrected chi connectivity index (χ1v) is 8.01. The zero-order valence-corrected chi connectivity index (χ0v) is 13.8. The van der Waals surface area contributed by atoms with Crippen LogP contribution in [0.2, 0.25) is 0 Å². The van der Waals surface area contributed by atoms with E-state index in [-0.39, 0.29) is 11.5 Å². The van der Waals surface area contributed by atoms with Gasteiger partial charge in [-0.15, -0.1) is 0 Å². The minimum Gasteiger partial charge on any atom is -0.335 e. The molecule has 1 aliphatic heterocycles. The van der Waals surface area contributed by atoms with E-state index in [4.69, 9.17) is 0 Å². The van der Waals surface area contributed by atoms with Crippen molar-refractivity contribution in [3.63, 3.8) is 0 Å². The molecule has 0 spiro atoms. The van der Waals surface area contributed by atoms with Crippen LogP contribution in [0.3, 0.4) is 0 Å². The minimum atomic E-state index is -0.149. The number of likely N-dealkylation sites (N-methyl/N-ethyl adjacent to an activating group) is 1. The minimum absolute atomic E-state index is 0.0444. The molecule has 7 nitrogen and oxygen atoms in total. The first kappa shape index (κ1) is 14.9. The molecule has 0 saturated carbocycles. The van der Waals surface area contributed by atoms with Crippen LogP contribution >= 0.6 is 0 Å². The van der Waals surface area contributed by atoms with Crippen LogP contribution < -0.4 is 5.56 Å². The van der Waals surface area contributed by atoms with Gasteiger partial charge in [-0.2, -0.15) is 0 Å². The number of fused-ring (bicyclic) bond motifs is 2. The molecule has 3 aromatic rings. The Morgan fingerprint density at radius 2 is 1.88 bits per heavy atom. The molecular weight excluding hydrogens is 306 g/mol. The summed E-state index contributed by atoms with van der Waals surface area (Å²) in [7, 11) is 3.84. The lowest BCUT2D eigenvalue weighted by Gasteiger charge is -2.32. The van der Waals surface area contributed by atoms with E-state index in [0.717, 1.165) is 13.1 Å². The lowest BCUT2D eigenvalue weighted by atomic mass is 10.2. The summed E-state index contributed by atoms with van der Waals surface area (Å²) in [5.74, 6) is -0.0444. The molecule has 24 heavy (non-hydrogen) atoms. The molecule has 1 amide bonds. The van der Waals surface area contributed by atoms with Crippen LogP contribution in [0.4, 0.5) is 0 Å². The van der Waals surface area contributed by atoms with Gasteiger partial charge in [0, 0.05) is 39.4 Å². The van der Waals surface area contributed by atoms with Crippen LogP contribution in [-0.4, -0.2) is 62.9 Å². The van der Waals surface area contributed by atoms with E-state index in [0.29, 0.717) is 35.5 Å². The molecule has 4 heterocycles. The van der Waals surface area contributed by atoms with Crippen molar-refractivity contribution < 1.29 is 4.79 Å². The first-order valence-electron chi connectivity index (χ1n) is 8.01. The van der Waals surface area contributed by atoms with Gasteiger partial charge in [0.15, 0.2) is 0 Å². The quantitative estimate of drug-likeness (QED) is 0.656. The smallest absolute Gasteiger partial charge is 0.270 e. The predicted molar refractivity (Wildman–Crippen MR) is 91.3 cm³/mol. The normalized spacial score (nSPS) is 16.2. The third-order valence-electron chi connectivity index (χ3n) is 4.72. The summed E-state index contributed by atoms with van der Waals surface area (Å²) >= 11 is 0. The zero-order chi connectivity index (χ0) is 16.8. The van der Waals surface area contributed by atoms with E-state index in [1.165, 1.54) is 4.40 Å². The van der Waals surface area contributed by atoms with Gasteiger partial charge in [0.05, 0.1) is 5.39 Å². The summed E-state index contributed by atoms with van der Waals surface area (Å²) in [5.41, 5.74) is 1.48. The van der Waals surface area contributed by atoms with Gasteiger partial charge in [0.25, 0.3) is 11.5 Å². The maximum atomic E-state index is 12.9. The Balaban J connectivity index is 1.83. The van der Waals surface area contributed by atoms with Crippen LogP contribution in [0.5, 0.6) is 0 Å². The van der Waals surface area contributed by atoms with Crippen molar-refractivity contribution in [2.24, 2.45) is 7.05 Å². The Labute approximate surface area is 138 Å². The van der Waals surface area contributed by atoms with Gasteiger partial charge in [-0.3, -0.25) is 14.0 Å². The summed E-state index contributed by atoms with van der Waals surface area (Å²) in [6, 6.07) is 7.09. The number of aryl methyl sites for hydroxylation is 1. The molecular formula is C17H19N5O2. The van der Waals surface area contributed by atoms with Crippen LogP contribution in [0.25, 0.3) is 16.7 Å². The van der Waals surface area contributed by atoms with Crippen molar-refractivity contribution in [1.82, 2.24) is 23.8 Å². The molecule has 7 heteroatoms. The molecule has 0 atom stereocenters. The second-order valence-electron chi connectivity index (χ2n) is 6.27. The number of pyridine rings is 1. The lowest BCUT2D eigenvalue weighted by molar-refractivity contribution is 0.0655. The van der Waals surface area contributed by atoms with Crippen LogP contribution in [0.15, 0.2) is 35.3 Å². The van der Waals surface area contributed by atoms with Crippen molar-refractivity contribution in [3.05, 3.63) is 46.5 Å². The van der Waals surface area contributed by atoms with Crippen LogP contribution in [0.1, 0.15) is 10.5 Å². The molecule has 3 aromatic heterocycles. The SMILES string of the molecule is CN1CCN(C(=O)c2cc3c(=O)n4ccccc4nc3n2C)CC1. The molecule has 1 aliphatic rings. The number of piperazine rings is 1. The van der Waals surface area contributed by atoms with Crippen molar-refractivity contribution in [2.45, 2.75) is 0 Å². The fourth-order valence-corrected chi connectivity index (χ4v) is 3.20. The van der Waals surface area contributed by atoms with Crippen LogP contribution in [-0.2, 0) is 7.05 Å². The number of aromatic nitrogens is 3. The largest absolute Gasteiger partial charge is 0.335 e. The van der Waals surface area contributed by atoms with Crippen LogP contribution in [0, 0.1) is 0 Å². The topological polar surface area (TPSA) is 62.9 Å². The van der Waals surface area contributed by atoms with E-state index in [9.17, 15) is 9.59 Å². The number of rotatable bonds is 1. The Hall–Kier alpha value is -2.67. The summed E-state index contributed by atoms with van der Waals surface area (Å²) in [6.45, 7) is 3.12. The molecule has 0 radical (unpaired) electrons. The molecule has 0 N–H and O–H groups in total. The van der Waals surface area contributed by atoms with Gasteiger partial charge >= 0.3 is 0 Å². The Kier molecular flexibility index (Phi) is 3.38. The number of carbonyl (C=O) groups is 1. The maximum Gasteiger partial charge on any atom is 0.270 e. The van der Waals surface area contributed by atoms with E-state index in [2.05, 4.69) is 16.9 Å². The molecule has 124 valence electrons. The fraction of sp³-hybridized carbons (Fsp3) is 0.353. The van der Waals surface area contributed by atoms with E-state index in [1.807, 2.05) is 11.0 Å². The van der Waals surface area contributed by atoms with Crippen molar-refractivity contribution in [2.75, 3.05) is 33.2 Å². The standard InChI is InChI=1S/C17H19N5O2/c1-19-7-9-21(10-8-19)17(24)13-11-12-15(20(13)2)18-14-5-3-4-6-22(14)16(12)23/h3-6,11H,7-10H2,1-2H3. The van der Waals surface area contributed by atoms with Gasteiger partial charge in [-0.05, 0) is 25.2 Å². The molecule has 0 aliphatic carbocycles. The van der Waals surface area contributed by atoms with E-state index < -0.39 is 0 Å². The summed E-state index contributed by atoms with van der Waals surface area (Å²) in [5, 5.41) is 0.471. The third-order valence-corrected chi connectivity index (χ3v) is 4.72. The summed E-state index contributed by atoms with van der Waals surface area (Å²) in [4.78, 5) is 34.1. The monoisotopic (exact) mass is 325 g/mol. The molecule has 0 bridgehead atoms. The lowest BCUT2D eigenvalue weighted by Crippen LogP contribution is -2.47. The Bertz CT molecular complexity index is 995. The fourth-order valence-electron chi connectivity index (χ4n) is 3.20. The molecule has 0 aromatic carbocycles. The van der Waals surface area contributed by atoms with E-state index in [1.54, 1.807) is 36.0 Å². The summed E-state index contributed by atoms with van der Waals surface area (Å²) < 4.78 is 3.23. The van der Waals surface area contributed by atoms with Gasteiger partial charge in [0.1, 0.15) is 17.0 Å². The molecule has 4 rings (SSSR count). The van der Waals surface area contributed by atoms with Gasteiger partial charge in [-0.1, -0.05) is 6.07 Å². The highest BCUT2D eigenvalue weighted by Gasteiger charge is 2.24. The number of nitrogens with zero attached hydrogens (tertiary/aromatic N) is 5. The predicted octanol–water partition coefficient (Wildman–Crippen LogP) is 0.574. The second kappa shape index (κ2) is 5.45. The average molecular weight is 325 g/mol. The highest BCUT2D eigenvalue weighted by molar-refractivity contribution is 5.98. The maximum absolute atomic E-state index is 12.9. The van der Waals surface area contributed by atoms with Gasteiger partial charge < -0.3 is 14.4 Å². The van der Waals surface area contributed by atoms with E-state index >= 15 is 0 Å². The summed E-state index contributed by atoms with van der Waals surface area (Å²) in [6.07, 6.45) is 1.69. The number of amides is 1. The van der Waals surface area contributed by atoms with Crippen molar-refractivity contribution in [3.8, 4) is 0 Å². The molecule has 0 unspecified atom stereocenters. The number of hydrogen-bond acceptors (Lipinski definition) is 4. The average Bonchev–Trinajstić information content (AvgIpc) is 2.93. The third kappa shape index (κ3) is 2.20. The van der Waals surface area contributed by atoms with Crippen molar-refractivity contribution >= 4 is 22.6 Å². The van der Waals surface area contributed by atoms with Crippen molar-refractivity contribution in [1.29, 1.82) is 0 Å². The highest BCUT2D eigenvalue weighted by Crippen LogP contribution is 2.17. The highest BCUT2D eigenvalue weighted by atomic mass is 16.2. The molecule has 1 fully saturated rings. The Morgan fingerprint density at radius 3 is 2.62 bits per heavy atom. The van der Waals surface area contributed by atoms with Gasteiger partial charge in [0.2, 0.25) is 0 Å². The zero-order valence-electron chi connectivity index (χ0n) is 13.8. The van der Waals surface area contributed by atoms with Gasteiger partial charge in [-0.25, -0.2) is 4.98 Å². The number of hydrogen-bond donors (Lipinski definition) is 0. The number of carbonyl (C=O) groups excluding carboxylic acids is 1.